The Bertz CT molecular complexity index is 1190. The maximum Gasteiger partial charge on any atom is 0.261 e. The third-order valence-corrected chi connectivity index (χ3v) is 7.19. The molecule has 0 bridgehead atoms. The van der Waals surface area contributed by atoms with Gasteiger partial charge in [-0.15, -0.1) is 0 Å². The van der Waals surface area contributed by atoms with Crippen LogP contribution in [0.3, 0.4) is 0 Å². The lowest BCUT2D eigenvalue weighted by atomic mass is 9.68. The van der Waals surface area contributed by atoms with Crippen LogP contribution < -0.4 is 10.3 Å². The number of fused-ring (bicyclic) bond motifs is 2. The minimum absolute atomic E-state index is 0.0116. The van der Waals surface area contributed by atoms with E-state index in [9.17, 15) is 9.59 Å². The zero-order valence-electron chi connectivity index (χ0n) is 18.5. The van der Waals surface area contributed by atoms with Crippen molar-refractivity contribution in [1.29, 1.82) is 0 Å². The van der Waals surface area contributed by atoms with Crippen LogP contribution in [0.4, 0.5) is 0 Å². The molecule has 1 saturated carbocycles. The number of hydrogen-bond donors (Lipinski definition) is 0. The van der Waals surface area contributed by atoms with E-state index in [1.54, 1.807) is 11.7 Å². The predicted octanol–water partition coefficient (Wildman–Crippen LogP) is 3.69. The van der Waals surface area contributed by atoms with Gasteiger partial charge in [-0.1, -0.05) is 43.5 Å². The number of ether oxygens (including phenoxy) is 1. The third kappa shape index (κ3) is 3.48. The lowest BCUT2D eigenvalue weighted by molar-refractivity contribution is -0.139. The summed E-state index contributed by atoms with van der Waals surface area (Å²) in [6.45, 7) is 1.60. The zero-order valence-corrected chi connectivity index (χ0v) is 18.5. The molecule has 6 nitrogen and oxygen atoms in total. The molecular formula is C26H29N3O3. The smallest absolute Gasteiger partial charge is 0.261 e. The molecule has 3 aromatic rings. The Morgan fingerprint density at radius 2 is 1.72 bits per heavy atom. The summed E-state index contributed by atoms with van der Waals surface area (Å²) in [7, 11) is 1.66. The number of hydrogen-bond acceptors (Lipinski definition) is 4. The SMILES string of the molecule is COc1ccc(C2(C(=O)N3CCc4nc5ccccc5c(=O)n4CC3)CCCCC2)cc1. The number of nitrogens with zero attached hydrogens (tertiary/aromatic N) is 3. The molecule has 1 amide bonds. The van der Waals surface area contributed by atoms with Crippen LogP contribution >= 0.6 is 0 Å². The van der Waals surface area contributed by atoms with Crippen LogP contribution in [0, 0.1) is 0 Å². The van der Waals surface area contributed by atoms with Gasteiger partial charge in [-0.05, 0) is 42.7 Å². The number of para-hydroxylation sites is 1. The second-order valence-electron chi connectivity index (χ2n) is 8.92. The van der Waals surface area contributed by atoms with E-state index >= 15 is 0 Å². The van der Waals surface area contributed by atoms with Crippen molar-refractivity contribution in [2.24, 2.45) is 0 Å². The van der Waals surface area contributed by atoms with Gasteiger partial charge < -0.3 is 9.64 Å². The summed E-state index contributed by atoms with van der Waals surface area (Å²) in [5.74, 6) is 1.76. The number of methoxy groups -OCH3 is 1. The standard InChI is InChI=1S/C26H29N3O3/c1-32-20-11-9-19(10-12-20)26(14-5-2-6-15-26)25(31)28-16-13-23-27-22-8-4-3-7-21(22)24(30)29(23)18-17-28/h3-4,7-12H,2,5-6,13-18H2,1H3. The van der Waals surface area contributed by atoms with Gasteiger partial charge in [0, 0.05) is 26.1 Å². The number of aromatic nitrogens is 2. The van der Waals surface area contributed by atoms with Crippen LogP contribution in [0.25, 0.3) is 10.9 Å². The highest BCUT2D eigenvalue weighted by atomic mass is 16.5. The second kappa shape index (κ2) is 8.41. The molecule has 2 aliphatic rings. The fourth-order valence-electron chi connectivity index (χ4n) is 5.40. The van der Waals surface area contributed by atoms with E-state index in [2.05, 4.69) is 0 Å². The first-order valence-corrected chi connectivity index (χ1v) is 11.5. The van der Waals surface area contributed by atoms with Crippen LogP contribution in [-0.2, 0) is 23.2 Å². The summed E-state index contributed by atoms with van der Waals surface area (Å²) in [6, 6.07) is 15.5. The largest absolute Gasteiger partial charge is 0.497 e. The van der Waals surface area contributed by atoms with E-state index in [-0.39, 0.29) is 11.5 Å². The van der Waals surface area contributed by atoms with Crippen LogP contribution in [0.5, 0.6) is 5.75 Å². The van der Waals surface area contributed by atoms with E-state index in [0.29, 0.717) is 31.4 Å². The van der Waals surface area contributed by atoms with E-state index in [1.165, 1.54) is 6.42 Å². The molecule has 1 aliphatic carbocycles. The predicted molar refractivity (Wildman–Crippen MR) is 124 cm³/mol. The van der Waals surface area contributed by atoms with Crippen molar-refractivity contribution in [3.05, 3.63) is 70.3 Å². The number of amides is 1. The molecule has 0 radical (unpaired) electrons. The molecule has 2 heterocycles. The molecule has 1 fully saturated rings. The molecule has 32 heavy (non-hydrogen) atoms. The number of benzene rings is 2. The fraction of sp³-hybridized carbons (Fsp3) is 0.423. The van der Waals surface area contributed by atoms with Gasteiger partial charge in [0.2, 0.25) is 5.91 Å². The van der Waals surface area contributed by atoms with Gasteiger partial charge in [0.25, 0.3) is 5.56 Å². The summed E-state index contributed by atoms with van der Waals surface area (Å²) >= 11 is 0. The number of carbonyl (C=O) groups excluding carboxylic acids is 1. The summed E-state index contributed by atoms with van der Waals surface area (Å²) < 4.78 is 7.09. The highest BCUT2D eigenvalue weighted by molar-refractivity contribution is 5.88. The van der Waals surface area contributed by atoms with Crippen molar-refractivity contribution in [1.82, 2.24) is 14.5 Å². The van der Waals surface area contributed by atoms with Gasteiger partial charge in [-0.3, -0.25) is 14.2 Å². The molecular weight excluding hydrogens is 402 g/mol. The van der Waals surface area contributed by atoms with E-state index in [4.69, 9.17) is 9.72 Å². The first-order valence-electron chi connectivity index (χ1n) is 11.5. The van der Waals surface area contributed by atoms with Gasteiger partial charge >= 0.3 is 0 Å². The Hall–Kier alpha value is -3.15. The summed E-state index contributed by atoms with van der Waals surface area (Å²) in [5.41, 5.74) is 1.29. The van der Waals surface area contributed by atoms with Gasteiger partial charge in [0.1, 0.15) is 11.6 Å². The fourth-order valence-corrected chi connectivity index (χ4v) is 5.40. The van der Waals surface area contributed by atoms with Crippen molar-refractivity contribution in [3.8, 4) is 5.75 Å². The van der Waals surface area contributed by atoms with E-state index in [1.807, 2.05) is 53.4 Å². The molecule has 166 valence electrons. The number of carbonyl (C=O) groups is 1. The molecule has 0 spiro atoms. The van der Waals surface area contributed by atoms with E-state index < -0.39 is 5.41 Å². The van der Waals surface area contributed by atoms with Crippen molar-refractivity contribution < 1.29 is 9.53 Å². The quantitative estimate of drug-likeness (QED) is 0.634. The minimum atomic E-state index is -0.496. The van der Waals surface area contributed by atoms with Gasteiger partial charge in [-0.25, -0.2) is 4.98 Å². The summed E-state index contributed by atoms with van der Waals surface area (Å²) in [4.78, 5) is 33.8. The first kappa shape index (κ1) is 20.7. The average molecular weight is 432 g/mol. The van der Waals surface area contributed by atoms with Gasteiger partial charge in [0.15, 0.2) is 0 Å². The molecule has 1 aromatic heterocycles. The van der Waals surface area contributed by atoms with Crippen molar-refractivity contribution >= 4 is 16.8 Å². The molecule has 5 rings (SSSR count). The van der Waals surface area contributed by atoms with Crippen LogP contribution in [-0.4, -0.2) is 40.6 Å². The Morgan fingerprint density at radius 1 is 0.969 bits per heavy atom. The highest BCUT2D eigenvalue weighted by Crippen LogP contribution is 2.41. The monoisotopic (exact) mass is 431 g/mol. The maximum atomic E-state index is 14.0. The van der Waals surface area contributed by atoms with Gasteiger partial charge in [-0.2, -0.15) is 0 Å². The average Bonchev–Trinajstić information content (AvgIpc) is 3.07. The molecule has 0 unspecified atom stereocenters. The lowest BCUT2D eigenvalue weighted by Crippen LogP contribution is -2.49. The highest BCUT2D eigenvalue weighted by Gasteiger charge is 2.43. The molecule has 0 atom stereocenters. The third-order valence-electron chi connectivity index (χ3n) is 7.19. The normalized spacial score (nSPS) is 18.1. The summed E-state index contributed by atoms with van der Waals surface area (Å²) in [5, 5.41) is 0.637. The van der Waals surface area contributed by atoms with Gasteiger partial charge in [0.05, 0.1) is 23.4 Å². The summed E-state index contributed by atoms with van der Waals surface area (Å²) in [6.07, 6.45) is 5.59. The molecule has 0 saturated heterocycles. The Balaban J connectivity index is 1.46. The zero-order chi connectivity index (χ0) is 22.1. The minimum Gasteiger partial charge on any atom is -0.497 e. The lowest BCUT2D eigenvalue weighted by Gasteiger charge is -2.40. The van der Waals surface area contributed by atoms with Crippen molar-refractivity contribution in [3.63, 3.8) is 0 Å². The van der Waals surface area contributed by atoms with Crippen LogP contribution in [0.15, 0.2) is 53.3 Å². The maximum absolute atomic E-state index is 14.0. The Morgan fingerprint density at radius 3 is 2.47 bits per heavy atom. The second-order valence-corrected chi connectivity index (χ2v) is 8.92. The van der Waals surface area contributed by atoms with Crippen LogP contribution in [0.1, 0.15) is 43.5 Å². The first-order chi connectivity index (χ1) is 15.6. The Labute approximate surface area is 187 Å². The molecule has 1 aliphatic heterocycles. The van der Waals surface area contributed by atoms with E-state index in [0.717, 1.165) is 48.3 Å². The Kier molecular flexibility index (Phi) is 5.45. The number of rotatable bonds is 3. The van der Waals surface area contributed by atoms with Crippen molar-refractivity contribution in [2.75, 3.05) is 20.2 Å². The van der Waals surface area contributed by atoms with Crippen molar-refractivity contribution in [2.45, 2.75) is 50.5 Å². The molecule has 0 N–H and O–H groups in total. The molecule has 2 aromatic carbocycles. The molecule has 6 heteroatoms. The van der Waals surface area contributed by atoms with Crippen LogP contribution in [0.2, 0.25) is 0 Å². The topological polar surface area (TPSA) is 64.4 Å².